The average molecular weight is 604 g/mol. The predicted molar refractivity (Wildman–Crippen MR) is 174 cm³/mol. The van der Waals surface area contributed by atoms with E-state index in [1.165, 1.54) is 11.1 Å². The summed E-state index contributed by atoms with van der Waals surface area (Å²) in [5.74, 6) is 0.433. The fraction of sp³-hybridized carbons (Fsp3) is 0.424. The highest BCUT2D eigenvalue weighted by Crippen LogP contribution is 2.38. The van der Waals surface area contributed by atoms with Gasteiger partial charge in [0, 0.05) is 43.3 Å². The van der Waals surface area contributed by atoms with Crippen molar-refractivity contribution in [3.05, 3.63) is 71.0 Å². The first-order chi connectivity index (χ1) is 20.6. The Morgan fingerprint density at radius 3 is 2.49 bits per heavy atom. The van der Waals surface area contributed by atoms with Crippen molar-refractivity contribution in [2.24, 2.45) is 0 Å². The Balaban J connectivity index is 1.22. The maximum atomic E-state index is 12.3. The quantitative estimate of drug-likeness (QED) is 0.208. The summed E-state index contributed by atoms with van der Waals surface area (Å²) >= 11 is 7.01. The summed E-state index contributed by atoms with van der Waals surface area (Å²) in [7, 11) is 3.98. The number of anilines is 1. The van der Waals surface area contributed by atoms with E-state index in [2.05, 4.69) is 75.4 Å². The first kappa shape index (κ1) is 30.8. The van der Waals surface area contributed by atoms with Crippen LogP contribution in [0.25, 0.3) is 22.4 Å². The Bertz CT molecular complexity index is 1530. The maximum absolute atomic E-state index is 12.3. The van der Waals surface area contributed by atoms with Gasteiger partial charge in [-0.3, -0.25) is 9.69 Å². The summed E-state index contributed by atoms with van der Waals surface area (Å²) in [6.45, 7) is 9.74. The molecule has 3 heterocycles. The molecule has 0 aliphatic carbocycles. The number of hydrogen-bond donors (Lipinski definition) is 3. The molecule has 1 amide bonds. The number of carbonyl (C=O) groups is 1. The smallest absolute Gasteiger partial charge is 0.258 e. The molecule has 3 N–H and O–H groups in total. The Labute approximate surface area is 259 Å². The summed E-state index contributed by atoms with van der Waals surface area (Å²) in [4.78, 5) is 29.3. The van der Waals surface area contributed by atoms with E-state index in [-0.39, 0.29) is 18.1 Å². The second kappa shape index (κ2) is 13.3. The highest BCUT2D eigenvalue weighted by Gasteiger charge is 2.24. The Kier molecular flexibility index (Phi) is 9.54. The van der Waals surface area contributed by atoms with Gasteiger partial charge in [-0.1, -0.05) is 41.4 Å². The molecule has 1 saturated heterocycles. The van der Waals surface area contributed by atoms with Gasteiger partial charge in [0.25, 0.3) is 5.91 Å². The number of nitrogens with one attached hydrogen (secondary N) is 3. The predicted octanol–water partition coefficient (Wildman–Crippen LogP) is 5.50. The van der Waals surface area contributed by atoms with Crippen LogP contribution < -0.4 is 15.4 Å². The second-order valence-corrected chi connectivity index (χ2v) is 12.6. The van der Waals surface area contributed by atoms with E-state index >= 15 is 0 Å². The number of ether oxygens (including phenoxy) is 1. The van der Waals surface area contributed by atoms with Gasteiger partial charge in [-0.05, 0) is 77.5 Å². The number of imidazole rings is 1. The molecule has 0 radical (unpaired) electrons. The molecule has 0 atom stereocenters. The van der Waals surface area contributed by atoms with E-state index < -0.39 is 0 Å². The maximum Gasteiger partial charge on any atom is 0.258 e. The van der Waals surface area contributed by atoms with Crippen LogP contribution in [0.5, 0.6) is 5.75 Å². The minimum absolute atomic E-state index is 0.0566. The number of fused-ring (bicyclic) bond motifs is 1. The molecule has 2 aromatic carbocycles. The zero-order valence-electron chi connectivity index (χ0n) is 25.7. The molecule has 0 bridgehead atoms. The summed E-state index contributed by atoms with van der Waals surface area (Å²) in [5, 5.41) is 7.20. The highest BCUT2D eigenvalue weighted by molar-refractivity contribution is 6.37. The van der Waals surface area contributed by atoms with Crippen LogP contribution in [0.4, 0.5) is 5.69 Å². The minimum atomic E-state index is -0.163. The molecular weight excluding hydrogens is 562 g/mol. The zero-order valence-corrected chi connectivity index (χ0v) is 26.5. The number of piperidine rings is 1. The largest absolute Gasteiger partial charge is 0.484 e. The Hall–Kier alpha value is -3.66. The molecule has 4 aromatic rings. The third-order valence-electron chi connectivity index (χ3n) is 8.40. The lowest BCUT2D eigenvalue weighted by Crippen LogP contribution is -2.48. The van der Waals surface area contributed by atoms with E-state index in [1.54, 1.807) is 6.33 Å². The molecule has 1 aliphatic rings. The van der Waals surface area contributed by atoms with Crippen molar-refractivity contribution >= 4 is 34.4 Å². The Morgan fingerprint density at radius 1 is 1.12 bits per heavy atom. The SMILES string of the molecule is Cc1ccc(CN2CCC(Nc3c(Cl)c(-c4ccc(OCC(=O)NCC(C)(C)N(C)C)cc4)nc4nc[nH]c34)CC2)cc1. The van der Waals surface area contributed by atoms with Gasteiger partial charge in [0.15, 0.2) is 12.3 Å². The number of carbonyl (C=O) groups excluding carboxylic acids is 1. The normalized spacial score (nSPS) is 14.8. The van der Waals surface area contributed by atoms with E-state index in [0.29, 0.717) is 34.7 Å². The third kappa shape index (κ3) is 7.65. The van der Waals surface area contributed by atoms with E-state index in [0.717, 1.165) is 49.2 Å². The lowest BCUT2D eigenvalue weighted by Gasteiger charge is -2.33. The number of H-pyrrole nitrogens is 1. The molecule has 1 fully saturated rings. The first-order valence-electron chi connectivity index (χ1n) is 14.8. The monoisotopic (exact) mass is 603 g/mol. The lowest BCUT2D eigenvalue weighted by atomic mass is 10.0. The number of benzene rings is 2. The van der Waals surface area contributed by atoms with Crippen molar-refractivity contribution in [1.29, 1.82) is 0 Å². The molecule has 5 rings (SSSR count). The van der Waals surface area contributed by atoms with Gasteiger partial charge in [-0.25, -0.2) is 9.97 Å². The number of likely N-dealkylation sites (tertiary alicyclic amines) is 1. The number of rotatable bonds is 11. The summed E-state index contributed by atoms with van der Waals surface area (Å²) in [6, 6.07) is 16.6. The van der Waals surface area contributed by atoms with Crippen LogP contribution in [-0.4, -0.2) is 82.6 Å². The third-order valence-corrected chi connectivity index (χ3v) is 8.77. The first-order valence-corrected chi connectivity index (χ1v) is 15.2. The number of nitrogens with zero attached hydrogens (tertiary/aromatic N) is 4. The van der Waals surface area contributed by atoms with Gasteiger partial charge in [0.05, 0.1) is 22.7 Å². The molecule has 0 unspecified atom stereocenters. The van der Waals surface area contributed by atoms with Gasteiger partial charge in [0.1, 0.15) is 11.3 Å². The number of likely N-dealkylation sites (N-methyl/N-ethyl adjacent to an activating group) is 1. The number of hydrogen-bond acceptors (Lipinski definition) is 7. The zero-order chi connectivity index (χ0) is 30.6. The van der Waals surface area contributed by atoms with Crippen molar-refractivity contribution in [3.63, 3.8) is 0 Å². The molecule has 0 saturated carbocycles. The molecular formula is C33H42ClN7O2. The molecule has 1 aliphatic heterocycles. The van der Waals surface area contributed by atoms with E-state index in [9.17, 15) is 4.79 Å². The van der Waals surface area contributed by atoms with Crippen molar-refractivity contribution in [2.75, 3.05) is 45.7 Å². The van der Waals surface area contributed by atoms with Crippen molar-refractivity contribution < 1.29 is 9.53 Å². The second-order valence-electron chi connectivity index (χ2n) is 12.2. The fourth-order valence-electron chi connectivity index (χ4n) is 5.04. The lowest BCUT2D eigenvalue weighted by molar-refractivity contribution is -0.123. The van der Waals surface area contributed by atoms with Gasteiger partial charge in [0.2, 0.25) is 0 Å². The molecule has 228 valence electrons. The summed E-state index contributed by atoms with van der Waals surface area (Å²) in [6.07, 6.45) is 3.68. The van der Waals surface area contributed by atoms with Crippen LogP contribution in [0, 0.1) is 6.92 Å². The highest BCUT2D eigenvalue weighted by atomic mass is 35.5. The number of halogens is 1. The molecule has 43 heavy (non-hydrogen) atoms. The molecule has 0 spiro atoms. The van der Waals surface area contributed by atoms with Crippen molar-refractivity contribution in [1.82, 2.24) is 30.1 Å². The van der Waals surface area contributed by atoms with E-state index in [1.807, 2.05) is 38.4 Å². The fourth-order valence-corrected chi connectivity index (χ4v) is 5.34. The average Bonchev–Trinajstić information content (AvgIpc) is 3.47. The van der Waals surface area contributed by atoms with Crippen LogP contribution in [0.1, 0.15) is 37.8 Å². The number of amides is 1. The van der Waals surface area contributed by atoms with Crippen LogP contribution in [0.15, 0.2) is 54.9 Å². The van der Waals surface area contributed by atoms with Crippen LogP contribution >= 0.6 is 11.6 Å². The topological polar surface area (TPSA) is 98.4 Å². The van der Waals surface area contributed by atoms with Crippen molar-refractivity contribution in [2.45, 2.75) is 51.7 Å². The van der Waals surface area contributed by atoms with E-state index in [4.69, 9.17) is 21.3 Å². The standard InChI is InChI=1S/C33H42ClN7O2/c1-22-6-8-23(9-7-22)18-41-16-14-25(15-17-41)38-30-28(34)29(39-32-31(30)36-21-37-32)24-10-12-26(13-11-24)43-19-27(42)35-20-33(2,3)40(4)5/h6-13,21,25H,14-20H2,1-5H3,(H,35,42)(H2,36,37,38,39). The van der Waals surface area contributed by atoms with Gasteiger partial charge in [-0.15, -0.1) is 0 Å². The molecule has 2 aromatic heterocycles. The number of aromatic nitrogens is 3. The van der Waals surface area contributed by atoms with Crippen LogP contribution in [-0.2, 0) is 11.3 Å². The van der Waals surface area contributed by atoms with Crippen molar-refractivity contribution in [3.8, 4) is 17.0 Å². The van der Waals surface area contributed by atoms with Crippen LogP contribution in [0.2, 0.25) is 5.02 Å². The minimum Gasteiger partial charge on any atom is -0.484 e. The van der Waals surface area contributed by atoms with Gasteiger partial charge >= 0.3 is 0 Å². The summed E-state index contributed by atoms with van der Waals surface area (Å²) < 4.78 is 5.74. The van der Waals surface area contributed by atoms with Gasteiger partial charge < -0.3 is 25.3 Å². The Morgan fingerprint density at radius 2 is 1.81 bits per heavy atom. The summed E-state index contributed by atoms with van der Waals surface area (Å²) in [5.41, 5.74) is 6.22. The van der Waals surface area contributed by atoms with Crippen LogP contribution in [0.3, 0.4) is 0 Å². The molecule has 9 nitrogen and oxygen atoms in total. The number of aromatic amines is 1. The van der Waals surface area contributed by atoms with Gasteiger partial charge in [-0.2, -0.15) is 0 Å². The number of pyridine rings is 1. The number of aryl methyl sites for hydroxylation is 1. The molecule has 10 heteroatoms.